The average Bonchev–Trinajstić information content (AvgIpc) is 2.70. The predicted octanol–water partition coefficient (Wildman–Crippen LogP) is 1.45. The lowest BCUT2D eigenvalue weighted by Crippen LogP contribution is -2.41. The Balaban J connectivity index is 0.00000110. The standard InChI is InChI=1S/C15H21N3O4S2.C2HF3O2/c1-24-7-6-12(15(21)22)18-13(19)9-2-4-10(5-3-9)17-14(20)11(16)8-23;3-2(4,5)1(6)7/h2-5,11-12,23H,6-8,16H2,1H3,(H,17,20)(H,18,19)(H,21,22);(H,6,7)/t11-,12-;/m0./s1. The minimum absolute atomic E-state index is 0.221. The quantitative estimate of drug-likeness (QED) is 0.287. The van der Waals surface area contributed by atoms with Crippen molar-refractivity contribution in [2.24, 2.45) is 5.73 Å². The number of hydrogen-bond donors (Lipinski definition) is 6. The second-order valence-electron chi connectivity index (χ2n) is 5.80. The van der Waals surface area contributed by atoms with Crippen molar-refractivity contribution in [3.05, 3.63) is 29.8 Å². The molecular weight excluding hydrogens is 463 g/mol. The lowest BCUT2D eigenvalue weighted by molar-refractivity contribution is -0.192. The molecule has 0 spiro atoms. The number of carboxylic acids is 2. The number of nitrogens with one attached hydrogen (secondary N) is 2. The summed E-state index contributed by atoms with van der Waals surface area (Å²) in [5.41, 5.74) is 6.35. The van der Waals surface area contributed by atoms with Gasteiger partial charge < -0.3 is 26.6 Å². The van der Waals surface area contributed by atoms with Crippen LogP contribution in [0, 0.1) is 0 Å². The maximum absolute atomic E-state index is 12.1. The van der Waals surface area contributed by atoms with Crippen molar-refractivity contribution < 1.29 is 42.6 Å². The van der Waals surface area contributed by atoms with Gasteiger partial charge in [-0.05, 0) is 42.7 Å². The van der Waals surface area contributed by atoms with Crippen LogP contribution in [0.15, 0.2) is 24.3 Å². The number of thiol groups is 1. The van der Waals surface area contributed by atoms with Gasteiger partial charge in [-0.2, -0.15) is 37.6 Å². The molecule has 31 heavy (non-hydrogen) atoms. The van der Waals surface area contributed by atoms with Crippen LogP contribution in [0.2, 0.25) is 0 Å². The largest absolute Gasteiger partial charge is 0.490 e. The first-order chi connectivity index (χ1) is 14.3. The van der Waals surface area contributed by atoms with Crippen molar-refractivity contribution >= 4 is 53.8 Å². The fourth-order valence-electron chi connectivity index (χ4n) is 1.76. The van der Waals surface area contributed by atoms with E-state index in [0.29, 0.717) is 23.4 Å². The third kappa shape index (κ3) is 11.5. The number of thioether (sulfide) groups is 1. The highest BCUT2D eigenvalue weighted by molar-refractivity contribution is 7.98. The van der Waals surface area contributed by atoms with Gasteiger partial charge in [0.1, 0.15) is 6.04 Å². The Bertz CT molecular complexity index is 762. The number of alkyl halides is 3. The zero-order chi connectivity index (χ0) is 24.2. The monoisotopic (exact) mass is 485 g/mol. The van der Waals surface area contributed by atoms with E-state index in [0.717, 1.165) is 0 Å². The lowest BCUT2D eigenvalue weighted by Gasteiger charge is -2.14. The van der Waals surface area contributed by atoms with E-state index >= 15 is 0 Å². The molecule has 6 N–H and O–H groups in total. The summed E-state index contributed by atoms with van der Waals surface area (Å²) in [4.78, 5) is 43.8. The van der Waals surface area contributed by atoms with E-state index in [1.807, 2.05) is 6.26 Å². The smallest absolute Gasteiger partial charge is 0.480 e. The van der Waals surface area contributed by atoms with E-state index in [-0.39, 0.29) is 11.7 Å². The molecule has 0 bridgehead atoms. The number of hydrogen-bond acceptors (Lipinski definition) is 7. The molecule has 174 valence electrons. The molecule has 1 aromatic carbocycles. The number of benzene rings is 1. The minimum Gasteiger partial charge on any atom is -0.480 e. The summed E-state index contributed by atoms with van der Waals surface area (Å²) >= 11 is 5.46. The van der Waals surface area contributed by atoms with Gasteiger partial charge in [0.2, 0.25) is 5.91 Å². The van der Waals surface area contributed by atoms with Gasteiger partial charge in [0.15, 0.2) is 0 Å². The van der Waals surface area contributed by atoms with Crippen LogP contribution in [0.25, 0.3) is 0 Å². The fraction of sp³-hybridized carbons (Fsp3) is 0.412. The van der Waals surface area contributed by atoms with Gasteiger partial charge in [0.05, 0.1) is 6.04 Å². The van der Waals surface area contributed by atoms with Crippen molar-refractivity contribution in [1.82, 2.24) is 5.32 Å². The molecule has 0 saturated heterocycles. The molecule has 1 aromatic rings. The molecule has 0 unspecified atom stereocenters. The zero-order valence-corrected chi connectivity index (χ0v) is 17.9. The molecule has 1 rings (SSSR count). The zero-order valence-electron chi connectivity index (χ0n) is 16.2. The molecule has 14 heteroatoms. The molecule has 0 aliphatic carbocycles. The molecule has 0 radical (unpaired) electrons. The number of halogens is 3. The first-order valence-electron chi connectivity index (χ1n) is 8.43. The molecule has 0 fully saturated rings. The fourth-order valence-corrected chi connectivity index (χ4v) is 2.39. The number of carbonyl (C=O) groups excluding carboxylic acids is 2. The predicted molar refractivity (Wildman–Crippen MR) is 112 cm³/mol. The second-order valence-corrected chi connectivity index (χ2v) is 7.16. The summed E-state index contributed by atoms with van der Waals surface area (Å²) in [6.45, 7) is 0. The van der Waals surface area contributed by atoms with Crippen LogP contribution in [0.3, 0.4) is 0 Å². The number of rotatable bonds is 9. The number of carboxylic acid groups (broad SMARTS) is 2. The van der Waals surface area contributed by atoms with Crippen LogP contribution in [0.1, 0.15) is 16.8 Å². The summed E-state index contributed by atoms with van der Waals surface area (Å²) < 4.78 is 31.7. The van der Waals surface area contributed by atoms with E-state index in [2.05, 4.69) is 23.3 Å². The molecule has 0 saturated carbocycles. The van der Waals surface area contributed by atoms with Crippen LogP contribution in [-0.2, 0) is 14.4 Å². The summed E-state index contributed by atoms with van der Waals surface area (Å²) in [7, 11) is 0. The number of aliphatic carboxylic acids is 2. The number of nitrogens with two attached hydrogens (primary N) is 1. The Kier molecular flexibility index (Phi) is 12.7. The SMILES string of the molecule is CSCC[C@H](NC(=O)c1ccc(NC(=O)[C@@H](N)CS)cc1)C(=O)O.O=C(O)C(F)(F)F. The Hall–Kier alpha value is -2.45. The average molecular weight is 486 g/mol. The van der Waals surface area contributed by atoms with E-state index < -0.39 is 36.1 Å². The van der Waals surface area contributed by atoms with E-state index in [4.69, 9.17) is 20.7 Å². The van der Waals surface area contributed by atoms with E-state index in [1.54, 1.807) is 12.1 Å². The van der Waals surface area contributed by atoms with Gasteiger partial charge in [-0.3, -0.25) is 9.59 Å². The maximum atomic E-state index is 12.1. The number of anilines is 1. The van der Waals surface area contributed by atoms with Gasteiger partial charge in [-0.1, -0.05) is 0 Å². The van der Waals surface area contributed by atoms with Crippen molar-refractivity contribution in [3.63, 3.8) is 0 Å². The van der Waals surface area contributed by atoms with Gasteiger partial charge in [0.25, 0.3) is 5.91 Å². The number of amides is 2. The van der Waals surface area contributed by atoms with Crippen molar-refractivity contribution in [2.45, 2.75) is 24.7 Å². The van der Waals surface area contributed by atoms with Crippen LogP contribution < -0.4 is 16.4 Å². The highest BCUT2D eigenvalue weighted by Crippen LogP contribution is 2.13. The van der Waals surface area contributed by atoms with Crippen LogP contribution in [0.5, 0.6) is 0 Å². The van der Waals surface area contributed by atoms with Crippen molar-refractivity contribution in [1.29, 1.82) is 0 Å². The highest BCUT2D eigenvalue weighted by atomic mass is 32.2. The third-order valence-electron chi connectivity index (χ3n) is 3.40. The highest BCUT2D eigenvalue weighted by Gasteiger charge is 2.38. The van der Waals surface area contributed by atoms with Gasteiger partial charge >= 0.3 is 18.1 Å². The molecule has 2 amide bonds. The topological polar surface area (TPSA) is 159 Å². The Morgan fingerprint density at radius 2 is 1.68 bits per heavy atom. The molecule has 9 nitrogen and oxygen atoms in total. The maximum Gasteiger partial charge on any atom is 0.490 e. The van der Waals surface area contributed by atoms with Crippen LogP contribution in [-0.4, -0.2) is 70.0 Å². The van der Waals surface area contributed by atoms with Crippen molar-refractivity contribution in [3.8, 4) is 0 Å². The Morgan fingerprint density at radius 3 is 2.06 bits per heavy atom. The van der Waals surface area contributed by atoms with Crippen LogP contribution in [0.4, 0.5) is 18.9 Å². The molecule has 0 aliphatic rings. The first-order valence-corrected chi connectivity index (χ1v) is 10.5. The van der Waals surface area contributed by atoms with Gasteiger partial charge in [0, 0.05) is 17.0 Å². The Morgan fingerprint density at radius 1 is 1.16 bits per heavy atom. The van der Waals surface area contributed by atoms with Crippen LogP contribution >= 0.6 is 24.4 Å². The summed E-state index contributed by atoms with van der Waals surface area (Å²) in [5, 5.41) is 21.3. The summed E-state index contributed by atoms with van der Waals surface area (Å²) in [6, 6.07) is 4.46. The molecule has 0 aromatic heterocycles. The summed E-state index contributed by atoms with van der Waals surface area (Å²) in [6.07, 6.45) is -2.87. The minimum atomic E-state index is -5.08. The molecular formula is C17H22F3N3O6S2. The molecule has 0 heterocycles. The van der Waals surface area contributed by atoms with Gasteiger partial charge in [-0.25, -0.2) is 9.59 Å². The van der Waals surface area contributed by atoms with E-state index in [1.165, 1.54) is 23.9 Å². The first kappa shape index (κ1) is 28.5. The van der Waals surface area contributed by atoms with Gasteiger partial charge in [-0.15, -0.1) is 0 Å². The van der Waals surface area contributed by atoms with E-state index in [9.17, 15) is 27.6 Å². The normalized spacial score (nSPS) is 12.6. The second kappa shape index (κ2) is 13.8. The molecule has 0 aliphatic heterocycles. The summed E-state index contributed by atoms with van der Waals surface area (Å²) in [5.74, 6) is -3.82. The Labute approximate surface area is 185 Å². The van der Waals surface area contributed by atoms with Crippen molar-refractivity contribution in [2.75, 3.05) is 23.1 Å². The lowest BCUT2D eigenvalue weighted by atomic mass is 10.1. The third-order valence-corrected chi connectivity index (χ3v) is 4.44. The number of carbonyl (C=O) groups is 4. The molecule has 2 atom stereocenters.